The van der Waals surface area contributed by atoms with Gasteiger partial charge in [-0.05, 0) is 55.0 Å². The van der Waals surface area contributed by atoms with Crippen molar-refractivity contribution in [3.8, 4) is 5.75 Å². The number of hydrogen-bond acceptors (Lipinski definition) is 2. The van der Waals surface area contributed by atoms with Gasteiger partial charge in [0.2, 0.25) is 0 Å². The van der Waals surface area contributed by atoms with Gasteiger partial charge >= 0.3 is 6.36 Å². The van der Waals surface area contributed by atoms with Crippen molar-refractivity contribution < 1.29 is 17.9 Å². The van der Waals surface area contributed by atoms with E-state index in [1.165, 1.54) is 25.0 Å². The van der Waals surface area contributed by atoms with Crippen LogP contribution in [-0.4, -0.2) is 24.4 Å². The molecule has 2 rings (SSSR count). The van der Waals surface area contributed by atoms with Crippen molar-refractivity contribution in [2.24, 2.45) is 11.3 Å². The number of ether oxygens (including phenoxy) is 1. The summed E-state index contributed by atoms with van der Waals surface area (Å²) >= 11 is 0. The summed E-state index contributed by atoms with van der Waals surface area (Å²) in [4.78, 5) is 2.36. The lowest BCUT2D eigenvalue weighted by molar-refractivity contribution is -0.274. The van der Waals surface area contributed by atoms with Crippen LogP contribution in [0, 0.1) is 11.3 Å². The molecule has 5 heteroatoms. The van der Waals surface area contributed by atoms with Gasteiger partial charge in [-0.3, -0.25) is 4.90 Å². The van der Waals surface area contributed by atoms with Crippen LogP contribution in [0.1, 0.15) is 39.2 Å². The number of hydrogen-bond donors (Lipinski definition) is 0. The molecule has 0 bridgehead atoms. The third kappa shape index (κ3) is 5.20. The van der Waals surface area contributed by atoms with Crippen LogP contribution >= 0.6 is 0 Å². The molecule has 0 aliphatic carbocycles. The molecule has 124 valence electrons. The summed E-state index contributed by atoms with van der Waals surface area (Å²) in [5, 5.41) is 0. The number of halogens is 3. The SMILES string of the molecule is CC(C)(C)C1CCN(Cc2ccc(OC(F)(F)F)cc2)CC1. The van der Waals surface area contributed by atoms with Crippen molar-refractivity contribution in [3.63, 3.8) is 0 Å². The molecule has 2 nitrogen and oxygen atoms in total. The summed E-state index contributed by atoms with van der Waals surface area (Å²) in [7, 11) is 0. The molecule has 1 heterocycles. The molecule has 0 amide bonds. The summed E-state index contributed by atoms with van der Waals surface area (Å²) in [6.45, 7) is 9.72. The third-order valence-corrected chi connectivity index (χ3v) is 4.38. The number of nitrogens with zero attached hydrogens (tertiary/aromatic N) is 1. The van der Waals surface area contributed by atoms with Crippen LogP contribution in [0.4, 0.5) is 13.2 Å². The van der Waals surface area contributed by atoms with Crippen LogP contribution in [0.25, 0.3) is 0 Å². The molecule has 1 aromatic rings. The molecule has 1 aromatic carbocycles. The van der Waals surface area contributed by atoms with E-state index in [1.54, 1.807) is 12.1 Å². The highest BCUT2D eigenvalue weighted by molar-refractivity contribution is 5.27. The van der Waals surface area contributed by atoms with Crippen LogP contribution in [0.3, 0.4) is 0 Å². The van der Waals surface area contributed by atoms with Crippen LogP contribution in [0.2, 0.25) is 0 Å². The van der Waals surface area contributed by atoms with Gasteiger partial charge in [-0.1, -0.05) is 32.9 Å². The Bertz CT molecular complexity index is 468. The minimum Gasteiger partial charge on any atom is -0.406 e. The third-order valence-electron chi connectivity index (χ3n) is 4.38. The van der Waals surface area contributed by atoms with Gasteiger partial charge in [0.25, 0.3) is 0 Å². The number of likely N-dealkylation sites (tertiary alicyclic amines) is 1. The fraction of sp³-hybridized carbons (Fsp3) is 0.647. The molecule has 0 N–H and O–H groups in total. The van der Waals surface area contributed by atoms with E-state index in [4.69, 9.17) is 0 Å². The van der Waals surface area contributed by atoms with E-state index in [0.29, 0.717) is 5.41 Å². The van der Waals surface area contributed by atoms with Crippen molar-refractivity contribution in [3.05, 3.63) is 29.8 Å². The maximum Gasteiger partial charge on any atom is 0.573 e. The average Bonchev–Trinajstić information content (AvgIpc) is 2.39. The Hall–Kier alpha value is -1.23. The van der Waals surface area contributed by atoms with Crippen LogP contribution in [-0.2, 0) is 6.54 Å². The highest BCUT2D eigenvalue weighted by Crippen LogP contribution is 2.34. The molecule has 1 fully saturated rings. The second kappa shape index (κ2) is 6.49. The Morgan fingerprint density at radius 3 is 2.05 bits per heavy atom. The van der Waals surface area contributed by atoms with Gasteiger partial charge in [-0.15, -0.1) is 13.2 Å². The Morgan fingerprint density at radius 1 is 1.05 bits per heavy atom. The van der Waals surface area contributed by atoms with Crippen molar-refractivity contribution in [1.82, 2.24) is 4.90 Å². The molecule has 0 unspecified atom stereocenters. The van der Waals surface area contributed by atoms with E-state index in [0.717, 1.165) is 31.1 Å². The van der Waals surface area contributed by atoms with Gasteiger partial charge in [0.15, 0.2) is 0 Å². The van der Waals surface area contributed by atoms with Crippen molar-refractivity contribution >= 4 is 0 Å². The first-order chi connectivity index (χ1) is 10.1. The van der Waals surface area contributed by atoms with Gasteiger partial charge in [-0.25, -0.2) is 0 Å². The maximum absolute atomic E-state index is 12.1. The lowest BCUT2D eigenvalue weighted by atomic mass is 9.75. The maximum atomic E-state index is 12.1. The monoisotopic (exact) mass is 315 g/mol. The van der Waals surface area contributed by atoms with Gasteiger partial charge in [-0.2, -0.15) is 0 Å². The van der Waals surface area contributed by atoms with Gasteiger partial charge < -0.3 is 4.74 Å². The van der Waals surface area contributed by atoms with Crippen LogP contribution in [0.5, 0.6) is 5.75 Å². The zero-order valence-electron chi connectivity index (χ0n) is 13.4. The predicted octanol–water partition coefficient (Wildman–Crippen LogP) is 4.84. The van der Waals surface area contributed by atoms with E-state index in [1.807, 2.05) is 0 Å². The first kappa shape index (κ1) is 17.1. The minimum atomic E-state index is -4.63. The lowest BCUT2D eigenvalue weighted by Gasteiger charge is -2.38. The van der Waals surface area contributed by atoms with E-state index >= 15 is 0 Å². The molecular weight excluding hydrogens is 291 g/mol. The molecule has 1 aliphatic heterocycles. The first-order valence-electron chi connectivity index (χ1n) is 7.70. The van der Waals surface area contributed by atoms with E-state index < -0.39 is 6.36 Å². The summed E-state index contributed by atoms with van der Waals surface area (Å²) < 4.78 is 40.2. The molecule has 1 aliphatic rings. The highest BCUT2D eigenvalue weighted by atomic mass is 19.4. The number of benzene rings is 1. The van der Waals surface area contributed by atoms with Crippen molar-refractivity contribution in [2.75, 3.05) is 13.1 Å². The van der Waals surface area contributed by atoms with Gasteiger partial charge in [0.1, 0.15) is 5.75 Å². The topological polar surface area (TPSA) is 12.5 Å². The summed E-state index contributed by atoms with van der Waals surface area (Å²) in [5.41, 5.74) is 1.37. The lowest BCUT2D eigenvalue weighted by Crippen LogP contribution is -2.37. The molecule has 22 heavy (non-hydrogen) atoms. The van der Waals surface area contributed by atoms with Gasteiger partial charge in [0.05, 0.1) is 0 Å². The van der Waals surface area contributed by atoms with E-state index in [9.17, 15) is 13.2 Å². The predicted molar refractivity (Wildman–Crippen MR) is 80.6 cm³/mol. The molecule has 0 atom stereocenters. The largest absolute Gasteiger partial charge is 0.573 e. The minimum absolute atomic E-state index is 0.164. The van der Waals surface area contributed by atoms with E-state index in [-0.39, 0.29) is 5.75 Å². The normalized spacial score (nSPS) is 18.5. The zero-order chi connectivity index (χ0) is 16.4. The molecule has 0 radical (unpaired) electrons. The Kier molecular flexibility index (Phi) is 5.05. The fourth-order valence-corrected chi connectivity index (χ4v) is 3.01. The molecular formula is C17H24F3NO. The number of rotatable bonds is 3. The summed E-state index contributed by atoms with van der Waals surface area (Å²) in [6, 6.07) is 6.17. The second-order valence-corrected chi connectivity index (χ2v) is 7.11. The highest BCUT2D eigenvalue weighted by Gasteiger charge is 2.31. The molecule has 0 aromatic heterocycles. The molecule has 0 spiro atoms. The molecule has 1 saturated heterocycles. The smallest absolute Gasteiger partial charge is 0.406 e. The van der Waals surface area contributed by atoms with Crippen molar-refractivity contribution in [2.45, 2.75) is 46.5 Å². The Balaban J connectivity index is 1.85. The Labute approximate surface area is 130 Å². The van der Waals surface area contributed by atoms with Crippen LogP contribution < -0.4 is 4.74 Å². The van der Waals surface area contributed by atoms with Crippen molar-refractivity contribution in [1.29, 1.82) is 0 Å². The second-order valence-electron chi connectivity index (χ2n) is 7.11. The first-order valence-corrected chi connectivity index (χ1v) is 7.70. The number of piperidine rings is 1. The molecule has 0 saturated carbocycles. The van der Waals surface area contributed by atoms with Gasteiger partial charge in [0, 0.05) is 6.54 Å². The number of alkyl halides is 3. The summed E-state index contributed by atoms with van der Waals surface area (Å²) in [5.74, 6) is 0.578. The Morgan fingerprint density at radius 2 is 1.59 bits per heavy atom. The fourth-order valence-electron chi connectivity index (χ4n) is 3.01. The van der Waals surface area contributed by atoms with Crippen LogP contribution in [0.15, 0.2) is 24.3 Å². The zero-order valence-corrected chi connectivity index (χ0v) is 13.4. The quantitative estimate of drug-likeness (QED) is 0.791. The average molecular weight is 315 g/mol. The summed E-state index contributed by atoms with van der Waals surface area (Å²) in [6.07, 6.45) is -2.27. The van der Waals surface area contributed by atoms with E-state index in [2.05, 4.69) is 30.4 Å². The standard InChI is InChI=1S/C17H24F3NO/c1-16(2,3)14-8-10-21(11-9-14)12-13-4-6-15(7-5-13)22-17(18,19)20/h4-7,14H,8-12H2,1-3H3.